The largest absolute Gasteiger partial charge is 0.378 e. The second kappa shape index (κ2) is 13.0. The van der Waals surface area contributed by atoms with Crippen LogP contribution >= 0.6 is 0 Å². The molecule has 0 bridgehead atoms. The first-order valence-electron chi connectivity index (χ1n) is 11.3. The second-order valence-corrected chi connectivity index (χ2v) is 7.91. The fourth-order valence-corrected chi connectivity index (χ4v) is 3.55. The topological polar surface area (TPSA) is 58.1 Å². The average molecular weight is 425 g/mol. The first-order chi connectivity index (χ1) is 15.3. The molecule has 2 aromatic rings. The van der Waals surface area contributed by atoms with E-state index in [1.807, 2.05) is 18.2 Å². The van der Waals surface area contributed by atoms with E-state index in [1.165, 1.54) is 16.8 Å². The van der Waals surface area contributed by atoms with E-state index in [0.717, 1.165) is 45.4 Å². The minimum atomic E-state index is 0.383. The lowest BCUT2D eigenvalue weighted by Crippen LogP contribution is -2.40. The van der Waals surface area contributed by atoms with E-state index in [9.17, 15) is 0 Å². The van der Waals surface area contributed by atoms with Gasteiger partial charge in [-0.1, -0.05) is 55.5 Å². The molecule has 168 valence electrons. The molecule has 2 N–H and O–H groups in total. The van der Waals surface area contributed by atoms with Crippen LogP contribution in [0.2, 0.25) is 0 Å². The van der Waals surface area contributed by atoms with E-state index in [2.05, 4.69) is 65.8 Å². The summed E-state index contributed by atoms with van der Waals surface area (Å²) in [5.74, 6) is 1.22. The molecule has 6 heteroatoms. The van der Waals surface area contributed by atoms with E-state index < -0.39 is 0 Å². The number of anilines is 1. The Labute approximate surface area is 186 Å². The van der Waals surface area contributed by atoms with Gasteiger partial charge in [-0.25, -0.2) is 4.99 Å². The van der Waals surface area contributed by atoms with Crippen molar-refractivity contribution in [2.45, 2.75) is 27.0 Å². The number of morpholine rings is 1. The highest BCUT2D eigenvalue weighted by Crippen LogP contribution is 2.22. The summed E-state index contributed by atoms with van der Waals surface area (Å²) in [6.45, 7) is 11.3. The summed E-state index contributed by atoms with van der Waals surface area (Å²) < 4.78 is 11.4. The predicted molar refractivity (Wildman–Crippen MR) is 128 cm³/mol. The van der Waals surface area contributed by atoms with Crippen LogP contribution < -0.4 is 15.5 Å². The quantitative estimate of drug-likeness (QED) is 0.452. The number of nitrogens with zero attached hydrogens (tertiary/aromatic N) is 2. The summed E-state index contributed by atoms with van der Waals surface area (Å²) in [6.07, 6.45) is 0. The maximum absolute atomic E-state index is 5.87. The molecule has 3 rings (SSSR count). The van der Waals surface area contributed by atoms with E-state index in [-0.39, 0.29) is 0 Å². The standard InChI is InChI=1S/C25H36N4O2/c1-3-26-25(27-17-21(2)19-31-20-22-9-5-4-6-10-22)28-18-23-11-7-8-12-24(23)29-13-15-30-16-14-29/h4-12,21H,3,13-20H2,1-2H3,(H2,26,27,28). The van der Waals surface area contributed by atoms with Crippen molar-refractivity contribution in [2.24, 2.45) is 10.9 Å². The molecule has 1 aliphatic heterocycles. The number of rotatable bonds is 10. The Morgan fingerprint density at radius 3 is 2.58 bits per heavy atom. The van der Waals surface area contributed by atoms with Gasteiger partial charge in [0.25, 0.3) is 0 Å². The lowest BCUT2D eigenvalue weighted by atomic mass is 10.1. The average Bonchev–Trinajstić information content (AvgIpc) is 2.82. The highest BCUT2D eigenvalue weighted by molar-refractivity contribution is 5.79. The molecular weight excluding hydrogens is 388 g/mol. The molecule has 1 saturated heterocycles. The molecular formula is C25H36N4O2. The van der Waals surface area contributed by atoms with Crippen LogP contribution in [0.3, 0.4) is 0 Å². The Bertz CT molecular complexity index is 791. The molecule has 0 aromatic heterocycles. The summed E-state index contributed by atoms with van der Waals surface area (Å²) in [4.78, 5) is 7.22. The smallest absolute Gasteiger partial charge is 0.191 e. The maximum atomic E-state index is 5.87. The van der Waals surface area contributed by atoms with E-state index in [0.29, 0.717) is 25.7 Å². The van der Waals surface area contributed by atoms with Crippen molar-refractivity contribution in [1.29, 1.82) is 0 Å². The van der Waals surface area contributed by atoms with Crippen molar-refractivity contribution in [3.05, 3.63) is 65.7 Å². The minimum Gasteiger partial charge on any atom is -0.378 e. The number of para-hydroxylation sites is 1. The van der Waals surface area contributed by atoms with E-state index >= 15 is 0 Å². The van der Waals surface area contributed by atoms with Gasteiger partial charge in [0.15, 0.2) is 5.96 Å². The number of hydrogen-bond donors (Lipinski definition) is 2. The summed E-state index contributed by atoms with van der Waals surface area (Å²) in [6, 6.07) is 18.8. The fourth-order valence-electron chi connectivity index (χ4n) is 3.55. The van der Waals surface area contributed by atoms with E-state index in [1.54, 1.807) is 0 Å². The Balaban J connectivity index is 1.49. The monoisotopic (exact) mass is 424 g/mol. The Hall–Kier alpha value is -2.57. The van der Waals surface area contributed by atoms with Crippen molar-refractivity contribution in [2.75, 3.05) is 50.9 Å². The van der Waals surface area contributed by atoms with Crippen LogP contribution in [0.4, 0.5) is 5.69 Å². The van der Waals surface area contributed by atoms with Crippen molar-refractivity contribution in [3.8, 4) is 0 Å². The zero-order chi connectivity index (χ0) is 21.7. The zero-order valence-corrected chi connectivity index (χ0v) is 18.8. The molecule has 0 radical (unpaired) electrons. The van der Waals surface area contributed by atoms with Gasteiger partial charge in [-0.2, -0.15) is 0 Å². The molecule has 6 nitrogen and oxygen atoms in total. The number of nitrogens with one attached hydrogen (secondary N) is 2. The lowest BCUT2D eigenvalue weighted by Gasteiger charge is -2.30. The predicted octanol–water partition coefficient (Wildman–Crippen LogP) is 3.43. The van der Waals surface area contributed by atoms with Crippen LogP contribution in [0, 0.1) is 5.92 Å². The Kier molecular flexibility index (Phi) is 9.67. The van der Waals surface area contributed by atoms with Gasteiger partial charge >= 0.3 is 0 Å². The molecule has 2 aromatic carbocycles. The third-order valence-electron chi connectivity index (χ3n) is 5.23. The molecule has 1 heterocycles. The molecule has 31 heavy (non-hydrogen) atoms. The third-order valence-corrected chi connectivity index (χ3v) is 5.23. The van der Waals surface area contributed by atoms with Gasteiger partial charge in [0.1, 0.15) is 0 Å². The second-order valence-electron chi connectivity index (χ2n) is 7.91. The number of hydrogen-bond acceptors (Lipinski definition) is 4. The third kappa shape index (κ3) is 7.89. The van der Waals surface area contributed by atoms with Gasteiger partial charge in [-0.05, 0) is 30.0 Å². The molecule has 0 spiro atoms. The molecule has 0 amide bonds. The Morgan fingerprint density at radius 1 is 1.06 bits per heavy atom. The number of benzene rings is 2. The van der Waals surface area contributed by atoms with Crippen molar-refractivity contribution in [3.63, 3.8) is 0 Å². The first-order valence-corrected chi connectivity index (χ1v) is 11.3. The Morgan fingerprint density at radius 2 is 1.81 bits per heavy atom. The van der Waals surface area contributed by atoms with Crippen LogP contribution in [-0.2, 0) is 22.6 Å². The summed E-state index contributed by atoms with van der Waals surface area (Å²) in [5.41, 5.74) is 3.70. The summed E-state index contributed by atoms with van der Waals surface area (Å²) >= 11 is 0. The first kappa shape index (κ1) is 23.1. The van der Waals surface area contributed by atoms with E-state index in [4.69, 9.17) is 14.5 Å². The highest BCUT2D eigenvalue weighted by Gasteiger charge is 2.14. The normalized spacial score (nSPS) is 15.5. The van der Waals surface area contributed by atoms with Gasteiger partial charge in [-0.15, -0.1) is 0 Å². The van der Waals surface area contributed by atoms with Crippen molar-refractivity contribution < 1.29 is 9.47 Å². The van der Waals surface area contributed by atoms with Crippen molar-refractivity contribution in [1.82, 2.24) is 10.6 Å². The van der Waals surface area contributed by atoms with Gasteiger partial charge in [-0.3, -0.25) is 0 Å². The van der Waals surface area contributed by atoms with Gasteiger partial charge in [0.05, 0.1) is 33.0 Å². The summed E-state index contributed by atoms with van der Waals surface area (Å²) in [7, 11) is 0. The SMILES string of the molecule is CCNC(=NCc1ccccc1N1CCOCC1)NCC(C)COCc1ccccc1. The van der Waals surface area contributed by atoms with Crippen LogP contribution in [-0.4, -0.2) is 52.0 Å². The lowest BCUT2D eigenvalue weighted by molar-refractivity contribution is 0.0931. The number of guanidine groups is 1. The molecule has 1 unspecified atom stereocenters. The summed E-state index contributed by atoms with van der Waals surface area (Å²) in [5, 5.41) is 6.82. The molecule has 0 saturated carbocycles. The van der Waals surface area contributed by atoms with Gasteiger partial charge in [0, 0.05) is 31.9 Å². The minimum absolute atomic E-state index is 0.383. The van der Waals surface area contributed by atoms with Gasteiger partial charge in [0.2, 0.25) is 0 Å². The fraction of sp³-hybridized carbons (Fsp3) is 0.480. The number of ether oxygens (including phenoxy) is 2. The van der Waals surface area contributed by atoms with Crippen LogP contribution in [0.5, 0.6) is 0 Å². The van der Waals surface area contributed by atoms with Crippen molar-refractivity contribution >= 4 is 11.6 Å². The van der Waals surface area contributed by atoms with Gasteiger partial charge < -0.3 is 25.0 Å². The number of aliphatic imine (C=N–C) groups is 1. The molecule has 1 atom stereocenters. The zero-order valence-electron chi connectivity index (χ0n) is 18.8. The molecule has 1 fully saturated rings. The molecule has 1 aliphatic rings. The van der Waals surface area contributed by atoms with Crippen LogP contribution in [0.15, 0.2) is 59.6 Å². The highest BCUT2D eigenvalue weighted by atomic mass is 16.5. The molecule has 0 aliphatic carbocycles. The maximum Gasteiger partial charge on any atom is 0.191 e. The van der Waals surface area contributed by atoms with Crippen LogP contribution in [0.1, 0.15) is 25.0 Å². The van der Waals surface area contributed by atoms with Crippen LogP contribution in [0.25, 0.3) is 0 Å².